The van der Waals surface area contributed by atoms with Crippen LogP contribution in [0.1, 0.15) is 5.56 Å². The minimum absolute atomic E-state index is 0.0131. The SMILES string of the molecule is O=C1NC[C@H]2[C@@H]1N(C(=O)OCc1ccccc1)CC2(F)F. The Balaban J connectivity index is 1.68. The second-order valence-electron chi connectivity index (χ2n) is 5.23. The third-order valence-electron chi connectivity index (χ3n) is 3.85. The van der Waals surface area contributed by atoms with E-state index < -0.39 is 36.4 Å². The first-order valence-corrected chi connectivity index (χ1v) is 6.62. The summed E-state index contributed by atoms with van der Waals surface area (Å²) in [5.74, 6) is -4.79. The Kier molecular flexibility index (Phi) is 3.27. The van der Waals surface area contributed by atoms with Crippen molar-refractivity contribution in [3.8, 4) is 0 Å². The summed E-state index contributed by atoms with van der Waals surface area (Å²) >= 11 is 0. The van der Waals surface area contributed by atoms with E-state index in [0.29, 0.717) is 0 Å². The summed E-state index contributed by atoms with van der Waals surface area (Å²) in [5, 5.41) is 2.37. The quantitative estimate of drug-likeness (QED) is 0.897. The Morgan fingerprint density at radius 3 is 2.81 bits per heavy atom. The van der Waals surface area contributed by atoms with Crippen LogP contribution in [-0.2, 0) is 16.1 Å². The van der Waals surface area contributed by atoms with Gasteiger partial charge in [0.1, 0.15) is 12.6 Å². The fourth-order valence-corrected chi connectivity index (χ4v) is 2.77. The molecule has 0 aromatic heterocycles. The molecule has 2 atom stereocenters. The van der Waals surface area contributed by atoms with Crippen LogP contribution in [0.5, 0.6) is 0 Å². The number of hydrogen-bond acceptors (Lipinski definition) is 3. The second-order valence-corrected chi connectivity index (χ2v) is 5.23. The molecule has 5 nitrogen and oxygen atoms in total. The third kappa shape index (κ3) is 2.43. The van der Waals surface area contributed by atoms with E-state index in [-0.39, 0.29) is 13.2 Å². The number of alkyl halides is 2. The minimum Gasteiger partial charge on any atom is -0.445 e. The molecule has 2 amide bonds. The van der Waals surface area contributed by atoms with Crippen molar-refractivity contribution in [1.29, 1.82) is 0 Å². The highest BCUT2D eigenvalue weighted by molar-refractivity contribution is 5.89. The van der Waals surface area contributed by atoms with Crippen molar-refractivity contribution >= 4 is 12.0 Å². The molecule has 2 heterocycles. The molecule has 21 heavy (non-hydrogen) atoms. The van der Waals surface area contributed by atoms with Crippen LogP contribution in [0.2, 0.25) is 0 Å². The van der Waals surface area contributed by atoms with Gasteiger partial charge in [-0.1, -0.05) is 30.3 Å². The Labute approximate surface area is 119 Å². The number of benzene rings is 1. The first-order chi connectivity index (χ1) is 9.99. The van der Waals surface area contributed by atoms with Crippen molar-refractivity contribution in [2.45, 2.75) is 18.6 Å². The zero-order valence-electron chi connectivity index (χ0n) is 11.1. The molecule has 7 heteroatoms. The number of ether oxygens (including phenoxy) is 1. The van der Waals surface area contributed by atoms with Crippen molar-refractivity contribution in [1.82, 2.24) is 10.2 Å². The lowest BCUT2D eigenvalue weighted by Crippen LogP contribution is -2.42. The molecule has 2 saturated heterocycles. The molecule has 3 rings (SSSR count). The van der Waals surface area contributed by atoms with Crippen molar-refractivity contribution in [2.24, 2.45) is 5.92 Å². The highest BCUT2D eigenvalue weighted by Crippen LogP contribution is 2.40. The van der Waals surface area contributed by atoms with Gasteiger partial charge in [-0.3, -0.25) is 9.69 Å². The molecule has 2 fully saturated rings. The van der Waals surface area contributed by atoms with Crippen LogP contribution in [0.15, 0.2) is 30.3 Å². The number of nitrogens with zero attached hydrogens (tertiary/aromatic N) is 1. The fraction of sp³-hybridized carbons (Fsp3) is 0.429. The number of hydrogen-bond donors (Lipinski definition) is 1. The van der Waals surface area contributed by atoms with Gasteiger partial charge in [0.25, 0.3) is 5.92 Å². The molecule has 2 aliphatic heterocycles. The first-order valence-electron chi connectivity index (χ1n) is 6.62. The second kappa shape index (κ2) is 4.98. The maximum atomic E-state index is 13.8. The maximum Gasteiger partial charge on any atom is 0.411 e. The van der Waals surface area contributed by atoms with E-state index in [9.17, 15) is 18.4 Å². The molecule has 0 saturated carbocycles. The van der Waals surface area contributed by atoms with Gasteiger partial charge >= 0.3 is 6.09 Å². The van der Waals surface area contributed by atoms with Gasteiger partial charge in [0.15, 0.2) is 0 Å². The number of amides is 2. The van der Waals surface area contributed by atoms with Crippen LogP contribution in [0.25, 0.3) is 0 Å². The first kappa shape index (κ1) is 13.8. The average molecular weight is 296 g/mol. The third-order valence-corrected chi connectivity index (χ3v) is 3.85. The van der Waals surface area contributed by atoms with E-state index in [0.717, 1.165) is 10.5 Å². The van der Waals surface area contributed by atoms with Gasteiger partial charge < -0.3 is 10.1 Å². The highest BCUT2D eigenvalue weighted by atomic mass is 19.3. The van der Waals surface area contributed by atoms with E-state index in [1.165, 1.54) is 0 Å². The molecule has 1 N–H and O–H groups in total. The van der Waals surface area contributed by atoms with Crippen LogP contribution in [0, 0.1) is 5.92 Å². The number of nitrogens with one attached hydrogen (secondary N) is 1. The molecule has 112 valence electrons. The Hall–Kier alpha value is -2.18. The monoisotopic (exact) mass is 296 g/mol. The Bertz CT molecular complexity index is 565. The van der Waals surface area contributed by atoms with E-state index in [1.54, 1.807) is 24.3 Å². The highest BCUT2D eigenvalue weighted by Gasteiger charge is 2.61. The number of likely N-dealkylation sites (tertiary alicyclic amines) is 1. The molecule has 0 radical (unpaired) electrons. The lowest BCUT2D eigenvalue weighted by atomic mass is 10.0. The van der Waals surface area contributed by atoms with Gasteiger partial charge in [0.2, 0.25) is 5.91 Å². The van der Waals surface area contributed by atoms with Crippen molar-refractivity contribution < 1.29 is 23.1 Å². The van der Waals surface area contributed by atoms with Crippen molar-refractivity contribution in [2.75, 3.05) is 13.1 Å². The van der Waals surface area contributed by atoms with Crippen LogP contribution in [0.3, 0.4) is 0 Å². The number of rotatable bonds is 2. The summed E-state index contributed by atoms with van der Waals surface area (Å²) in [4.78, 5) is 24.5. The van der Waals surface area contributed by atoms with E-state index in [4.69, 9.17) is 4.74 Å². The lowest BCUT2D eigenvalue weighted by molar-refractivity contribution is -0.123. The minimum atomic E-state index is -3.07. The van der Waals surface area contributed by atoms with Crippen molar-refractivity contribution in [3.63, 3.8) is 0 Å². The molecule has 0 bridgehead atoms. The molecule has 0 aliphatic carbocycles. The molecule has 0 spiro atoms. The van der Waals surface area contributed by atoms with E-state index >= 15 is 0 Å². The number of fused-ring (bicyclic) bond motifs is 1. The lowest BCUT2D eigenvalue weighted by Gasteiger charge is -2.20. The summed E-state index contributed by atoms with van der Waals surface area (Å²) in [6.07, 6.45) is -0.886. The Morgan fingerprint density at radius 1 is 1.38 bits per heavy atom. The topological polar surface area (TPSA) is 58.6 Å². The van der Waals surface area contributed by atoms with Gasteiger partial charge in [-0.05, 0) is 5.56 Å². The maximum absolute atomic E-state index is 13.8. The molecule has 0 unspecified atom stereocenters. The summed E-state index contributed by atoms with van der Waals surface area (Å²) in [5.41, 5.74) is 0.754. The fourth-order valence-electron chi connectivity index (χ4n) is 2.77. The molecule has 2 aliphatic rings. The van der Waals surface area contributed by atoms with Gasteiger partial charge in [-0.2, -0.15) is 0 Å². The average Bonchev–Trinajstić information content (AvgIpc) is 2.97. The largest absolute Gasteiger partial charge is 0.445 e. The number of carbonyl (C=O) groups excluding carboxylic acids is 2. The molecular formula is C14H14F2N2O3. The summed E-state index contributed by atoms with van der Waals surface area (Å²) in [7, 11) is 0. The summed E-state index contributed by atoms with van der Waals surface area (Å²) < 4.78 is 32.6. The van der Waals surface area contributed by atoms with Crippen LogP contribution >= 0.6 is 0 Å². The molecule has 1 aromatic rings. The predicted octanol–water partition coefficient (Wildman–Crippen LogP) is 1.39. The predicted molar refractivity (Wildman–Crippen MR) is 68.6 cm³/mol. The van der Waals surface area contributed by atoms with Gasteiger partial charge in [0, 0.05) is 6.54 Å². The van der Waals surface area contributed by atoms with E-state index in [2.05, 4.69) is 5.32 Å². The van der Waals surface area contributed by atoms with Gasteiger partial charge in [-0.25, -0.2) is 13.6 Å². The van der Waals surface area contributed by atoms with Gasteiger partial charge in [-0.15, -0.1) is 0 Å². The summed E-state index contributed by atoms with van der Waals surface area (Å²) in [6.45, 7) is -0.900. The van der Waals surface area contributed by atoms with Crippen LogP contribution in [0.4, 0.5) is 13.6 Å². The molecule has 1 aromatic carbocycles. The van der Waals surface area contributed by atoms with Crippen LogP contribution < -0.4 is 5.32 Å². The van der Waals surface area contributed by atoms with Gasteiger partial charge in [0.05, 0.1) is 12.5 Å². The normalized spacial score (nSPS) is 26.4. The Morgan fingerprint density at radius 2 is 2.10 bits per heavy atom. The number of carbonyl (C=O) groups is 2. The summed E-state index contributed by atoms with van der Waals surface area (Å²) in [6, 6.07) is 7.78. The molecular weight excluding hydrogens is 282 g/mol. The van der Waals surface area contributed by atoms with Crippen LogP contribution in [-0.4, -0.2) is 42.0 Å². The standard InChI is InChI=1S/C14H14F2N2O3/c15-14(16)8-18(11-10(14)6-17-12(11)19)13(20)21-7-9-4-2-1-3-5-9/h1-5,10-11H,6-8H2,(H,17,19)/t10-,11-/m0/s1. The number of halogens is 2. The smallest absolute Gasteiger partial charge is 0.411 e. The van der Waals surface area contributed by atoms with Crippen molar-refractivity contribution in [3.05, 3.63) is 35.9 Å². The zero-order valence-corrected chi connectivity index (χ0v) is 11.1. The van der Waals surface area contributed by atoms with E-state index in [1.807, 2.05) is 6.07 Å². The zero-order chi connectivity index (χ0) is 15.0.